The van der Waals surface area contributed by atoms with Crippen LogP contribution in [0.25, 0.3) is 6.08 Å². The van der Waals surface area contributed by atoms with Crippen LogP contribution in [0.2, 0.25) is 0 Å². The Labute approximate surface area is 156 Å². The molecule has 0 fully saturated rings. The molecule has 0 aliphatic carbocycles. The Hall–Kier alpha value is -2.02. The molecule has 5 heteroatoms. The lowest BCUT2D eigenvalue weighted by molar-refractivity contribution is -0.111. The molecule has 2 aromatic rings. The monoisotopic (exact) mass is 437 g/mol. The second kappa shape index (κ2) is 8.73. The Balaban J connectivity index is 2.05. The zero-order valence-corrected chi connectivity index (χ0v) is 16.0. The highest BCUT2D eigenvalue weighted by molar-refractivity contribution is 14.1. The molecule has 0 bridgehead atoms. The number of nitrogens with one attached hydrogen (secondary N) is 1. The number of benzene rings is 2. The van der Waals surface area contributed by atoms with Crippen LogP contribution < -0.4 is 14.8 Å². The quantitative estimate of drug-likeness (QED) is 0.525. The summed E-state index contributed by atoms with van der Waals surface area (Å²) in [5.41, 5.74) is 1.63. The summed E-state index contributed by atoms with van der Waals surface area (Å²) in [6.45, 7) is 3.92. The van der Waals surface area contributed by atoms with E-state index in [0.29, 0.717) is 11.5 Å². The lowest BCUT2D eigenvalue weighted by Gasteiger charge is -2.13. The number of halogens is 1. The third-order valence-electron chi connectivity index (χ3n) is 3.09. The molecular formula is C19H20INO3. The minimum absolute atomic E-state index is 0.0694. The van der Waals surface area contributed by atoms with Crippen LogP contribution in [-0.4, -0.2) is 19.1 Å². The summed E-state index contributed by atoms with van der Waals surface area (Å²) in [6, 6.07) is 13.2. The molecule has 0 saturated carbocycles. The van der Waals surface area contributed by atoms with Gasteiger partial charge in [-0.3, -0.25) is 4.79 Å². The smallest absolute Gasteiger partial charge is 0.248 e. The van der Waals surface area contributed by atoms with Gasteiger partial charge in [0.25, 0.3) is 0 Å². The van der Waals surface area contributed by atoms with E-state index in [4.69, 9.17) is 9.47 Å². The lowest BCUT2D eigenvalue weighted by Crippen LogP contribution is -2.07. The zero-order valence-electron chi connectivity index (χ0n) is 13.9. The van der Waals surface area contributed by atoms with Gasteiger partial charge in [0.15, 0.2) is 11.5 Å². The van der Waals surface area contributed by atoms with Crippen LogP contribution in [0.15, 0.2) is 48.5 Å². The Kier molecular flexibility index (Phi) is 6.66. The van der Waals surface area contributed by atoms with Gasteiger partial charge in [0, 0.05) is 15.3 Å². The van der Waals surface area contributed by atoms with Gasteiger partial charge in [-0.15, -0.1) is 0 Å². The summed E-state index contributed by atoms with van der Waals surface area (Å²) in [5, 5.41) is 2.82. The van der Waals surface area contributed by atoms with Crippen molar-refractivity contribution in [3.05, 3.63) is 57.7 Å². The summed E-state index contributed by atoms with van der Waals surface area (Å²) in [4.78, 5) is 12.0. The number of anilines is 1. The molecule has 126 valence electrons. The van der Waals surface area contributed by atoms with Gasteiger partial charge in [-0.2, -0.15) is 0 Å². The first-order valence-corrected chi connectivity index (χ1v) is 8.65. The first kappa shape index (κ1) is 18.3. The average Bonchev–Trinajstić information content (AvgIpc) is 2.55. The van der Waals surface area contributed by atoms with Crippen LogP contribution in [0, 0.1) is 3.57 Å². The Morgan fingerprint density at radius 3 is 2.46 bits per heavy atom. The number of hydrogen-bond acceptors (Lipinski definition) is 3. The third kappa shape index (κ3) is 5.56. The highest BCUT2D eigenvalue weighted by Crippen LogP contribution is 2.29. The number of carbonyl (C=O) groups is 1. The van der Waals surface area contributed by atoms with E-state index in [1.807, 2.05) is 56.3 Å². The van der Waals surface area contributed by atoms with Crippen molar-refractivity contribution in [3.63, 3.8) is 0 Å². The molecule has 0 spiro atoms. The molecule has 1 amide bonds. The lowest BCUT2D eigenvalue weighted by atomic mass is 10.2. The standard InChI is InChI=1S/C19H20INO3/c1-13(2)24-17-10-4-14(12-18(17)23-3)5-11-19(22)21-16-8-6-15(20)7-9-16/h4-13H,1-3H3,(H,21,22). The summed E-state index contributed by atoms with van der Waals surface area (Å²) in [5.74, 6) is 1.15. The molecule has 2 aromatic carbocycles. The maximum atomic E-state index is 12.0. The predicted molar refractivity (Wildman–Crippen MR) is 106 cm³/mol. The van der Waals surface area contributed by atoms with Crippen LogP contribution in [0.4, 0.5) is 5.69 Å². The summed E-state index contributed by atoms with van der Waals surface area (Å²) in [6.07, 6.45) is 3.30. The molecule has 1 N–H and O–H groups in total. The van der Waals surface area contributed by atoms with Crippen LogP contribution in [0.5, 0.6) is 11.5 Å². The molecule has 0 unspecified atom stereocenters. The molecular weight excluding hydrogens is 417 g/mol. The normalized spacial score (nSPS) is 10.9. The molecule has 4 nitrogen and oxygen atoms in total. The van der Waals surface area contributed by atoms with Crippen molar-refractivity contribution < 1.29 is 14.3 Å². The first-order valence-electron chi connectivity index (χ1n) is 7.57. The second-order valence-corrected chi connectivity index (χ2v) is 6.65. The van der Waals surface area contributed by atoms with Crippen LogP contribution in [0.3, 0.4) is 0 Å². The number of carbonyl (C=O) groups excluding carboxylic acids is 1. The third-order valence-corrected chi connectivity index (χ3v) is 3.81. The number of hydrogen-bond donors (Lipinski definition) is 1. The van der Waals surface area contributed by atoms with Gasteiger partial charge in [0.05, 0.1) is 13.2 Å². The number of methoxy groups -OCH3 is 1. The number of rotatable bonds is 6. The van der Waals surface area contributed by atoms with E-state index in [1.165, 1.54) is 6.08 Å². The van der Waals surface area contributed by atoms with Gasteiger partial charge in [-0.25, -0.2) is 0 Å². The molecule has 0 aliphatic heterocycles. The van der Waals surface area contributed by atoms with Gasteiger partial charge in [-0.1, -0.05) is 6.07 Å². The van der Waals surface area contributed by atoms with Crippen LogP contribution in [-0.2, 0) is 4.79 Å². The summed E-state index contributed by atoms with van der Waals surface area (Å²) < 4.78 is 12.1. The fourth-order valence-corrected chi connectivity index (χ4v) is 2.39. The molecule has 0 aliphatic rings. The first-order chi connectivity index (χ1) is 11.5. The average molecular weight is 437 g/mol. The van der Waals surface area contributed by atoms with Crippen molar-refractivity contribution in [1.82, 2.24) is 0 Å². The van der Waals surface area contributed by atoms with Crippen LogP contribution >= 0.6 is 22.6 Å². The minimum atomic E-state index is -0.183. The highest BCUT2D eigenvalue weighted by Gasteiger charge is 2.06. The van der Waals surface area contributed by atoms with Gasteiger partial charge < -0.3 is 14.8 Å². The Bertz CT molecular complexity index is 724. The molecule has 0 atom stereocenters. The molecule has 0 radical (unpaired) electrons. The van der Waals surface area contributed by atoms with Gasteiger partial charge in [-0.05, 0) is 84.5 Å². The van der Waals surface area contributed by atoms with Crippen molar-refractivity contribution in [3.8, 4) is 11.5 Å². The van der Waals surface area contributed by atoms with Crippen molar-refractivity contribution in [2.45, 2.75) is 20.0 Å². The van der Waals surface area contributed by atoms with Crippen LogP contribution in [0.1, 0.15) is 19.4 Å². The van der Waals surface area contributed by atoms with Gasteiger partial charge >= 0.3 is 0 Å². The number of ether oxygens (including phenoxy) is 2. The Morgan fingerprint density at radius 1 is 1.12 bits per heavy atom. The van der Waals surface area contributed by atoms with E-state index < -0.39 is 0 Å². The van der Waals surface area contributed by atoms with E-state index >= 15 is 0 Å². The fourth-order valence-electron chi connectivity index (χ4n) is 2.03. The van der Waals surface area contributed by atoms with Crippen molar-refractivity contribution >= 4 is 40.3 Å². The van der Waals surface area contributed by atoms with E-state index in [0.717, 1.165) is 14.8 Å². The SMILES string of the molecule is COc1cc(C=CC(=O)Nc2ccc(I)cc2)ccc1OC(C)C. The van der Waals surface area contributed by atoms with Crippen molar-refractivity contribution in [1.29, 1.82) is 0 Å². The minimum Gasteiger partial charge on any atom is -0.493 e. The fraction of sp³-hybridized carbons (Fsp3) is 0.211. The Morgan fingerprint density at radius 2 is 1.83 bits per heavy atom. The van der Waals surface area contributed by atoms with Gasteiger partial charge in [0.1, 0.15) is 0 Å². The zero-order chi connectivity index (χ0) is 17.5. The van der Waals surface area contributed by atoms with Crippen molar-refractivity contribution in [2.75, 3.05) is 12.4 Å². The second-order valence-electron chi connectivity index (χ2n) is 5.41. The predicted octanol–water partition coefficient (Wildman–Crippen LogP) is 4.74. The topological polar surface area (TPSA) is 47.6 Å². The molecule has 0 aromatic heterocycles. The molecule has 2 rings (SSSR count). The maximum absolute atomic E-state index is 12.0. The van der Waals surface area contributed by atoms with E-state index in [9.17, 15) is 4.79 Å². The van der Waals surface area contributed by atoms with Crippen molar-refractivity contribution in [2.24, 2.45) is 0 Å². The maximum Gasteiger partial charge on any atom is 0.248 e. The molecule has 0 saturated heterocycles. The van der Waals surface area contributed by atoms with E-state index in [-0.39, 0.29) is 12.0 Å². The number of amides is 1. The molecule has 24 heavy (non-hydrogen) atoms. The van der Waals surface area contributed by atoms with E-state index in [1.54, 1.807) is 13.2 Å². The largest absolute Gasteiger partial charge is 0.493 e. The van der Waals surface area contributed by atoms with E-state index in [2.05, 4.69) is 27.9 Å². The molecule has 0 heterocycles. The summed E-state index contributed by atoms with van der Waals surface area (Å²) >= 11 is 2.22. The van der Waals surface area contributed by atoms with Gasteiger partial charge in [0.2, 0.25) is 5.91 Å². The summed E-state index contributed by atoms with van der Waals surface area (Å²) in [7, 11) is 1.60. The highest BCUT2D eigenvalue weighted by atomic mass is 127.